The van der Waals surface area contributed by atoms with Crippen molar-refractivity contribution >= 4 is 21.8 Å². The Bertz CT molecular complexity index is 2670. The number of fused-ring (bicyclic) bond motifs is 3. The van der Waals surface area contributed by atoms with E-state index >= 15 is 0 Å². The molecule has 9 rings (SSSR count). The molecule has 0 aliphatic carbocycles. The van der Waals surface area contributed by atoms with E-state index in [-0.39, 0.29) is 0 Å². The van der Waals surface area contributed by atoms with Crippen LogP contribution in [0.1, 0.15) is 5.56 Å². The third-order valence-corrected chi connectivity index (χ3v) is 9.31. The zero-order valence-electron chi connectivity index (χ0n) is 27.5. The third-order valence-electron chi connectivity index (χ3n) is 9.31. The summed E-state index contributed by atoms with van der Waals surface area (Å²) in [4.78, 5) is 15.3. The summed E-state index contributed by atoms with van der Waals surface area (Å²) in [5.74, 6) is 1.77. The van der Waals surface area contributed by atoms with Crippen LogP contribution in [0.5, 0.6) is 0 Å². The number of aromatic nitrogens is 4. The van der Waals surface area contributed by atoms with Crippen LogP contribution in [-0.2, 0) is 0 Å². The van der Waals surface area contributed by atoms with Gasteiger partial charge in [0.15, 0.2) is 17.5 Å². The van der Waals surface area contributed by atoms with Crippen molar-refractivity contribution in [2.75, 3.05) is 0 Å². The molecule has 5 heteroatoms. The maximum atomic E-state index is 9.46. The molecule has 0 radical (unpaired) electrons. The first-order valence-electron chi connectivity index (χ1n) is 16.8. The lowest BCUT2D eigenvalue weighted by molar-refractivity contribution is 1.06. The van der Waals surface area contributed by atoms with E-state index in [1.54, 1.807) is 0 Å². The smallest absolute Gasteiger partial charge is 0.166 e. The zero-order valence-corrected chi connectivity index (χ0v) is 27.5. The van der Waals surface area contributed by atoms with Crippen molar-refractivity contribution in [2.45, 2.75) is 0 Å². The molecule has 238 valence electrons. The highest BCUT2D eigenvalue weighted by Gasteiger charge is 2.20. The molecule has 7 aromatic carbocycles. The first kappa shape index (κ1) is 29.9. The fourth-order valence-corrected chi connectivity index (χ4v) is 6.80. The number of hydrogen-bond acceptors (Lipinski definition) is 4. The largest absolute Gasteiger partial charge is 0.308 e. The predicted octanol–water partition coefficient (Wildman–Crippen LogP) is 11.2. The van der Waals surface area contributed by atoms with Crippen LogP contribution in [0.3, 0.4) is 0 Å². The van der Waals surface area contributed by atoms with Crippen molar-refractivity contribution in [1.82, 2.24) is 19.5 Å². The summed E-state index contributed by atoms with van der Waals surface area (Å²) in [7, 11) is 0. The minimum atomic E-state index is 0.568. The molecule has 2 aromatic heterocycles. The van der Waals surface area contributed by atoms with Gasteiger partial charge in [-0.2, -0.15) is 5.26 Å². The maximum Gasteiger partial charge on any atom is 0.166 e. The van der Waals surface area contributed by atoms with E-state index in [1.807, 2.05) is 91.0 Å². The fraction of sp³-hybridized carbons (Fsp3) is 0. The van der Waals surface area contributed by atoms with Crippen LogP contribution in [-0.4, -0.2) is 19.5 Å². The normalized spacial score (nSPS) is 11.1. The van der Waals surface area contributed by atoms with Gasteiger partial charge in [0.25, 0.3) is 0 Å². The summed E-state index contributed by atoms with van der Waals surface area (Å²) in [6.07, 6.45) is 0. The van der Waals surface area contributed by atoms with Crippen molar-refractivity contribution < 1.29 is 0 Å². The lowest BCUT2D eigenvalue weighted by Crippen LogP contribution is -2.04. The van der Waals surface area contributed by atoms with Gasteiger partial charge in [-0.05, 0) is 58.7 Å². The molecule has 5 nitrogen and oxygen atoms in total. The lowest BCUT2D eigenvalue weighted by Gasteiger charge is -2.16. The van der Waals surface area contributed by atoms with E-state index in [2.05, 4.69) is 95.6 Å². The fourth-order valence-electron chi connectivity index (χ4n) is 6.80. The second-order valence-electron chi connectivity index (χ2n) is 12.4. The average molecular weight is 652 g/mol. The van der Waals surface area contributed by atoms with E-state index < -0.39 is 0 Å². The third kappa shape index (κ3) is 5.51. The van der Waals surface area contributed by atoms with Crippen LogP contribution in [0.4, 0.5) is 0 Å². The molecule has 0 spiro atoms. The summed E-state index contributed by atoms with van der Waals surface area (Å²) < 4.78 is 2.34. The van der Waals surface area contributed by atoms with Gasteiger partial charge in [-0.1, -0.05) is 140 Å². The molecular weight excluding hydrogens is 623 g/mol. The zero-order chi connectivity index (χ0) is 34.1. The quantitative estimate of drug-likeness (QED) is 0.179. The van der Waals surface area contributed by atoms with Crippen LogP contribution >= 0.6 is 0 Å². The number of para-hydroxylation sites is 1. The first-order chi connectivity index (χ1) is 25.2. The van der Waals surface area contributed by atoms with Gasteiger partial charge in [0.2, 0.25) is 0 Å². The van der Waals surface area contributed by atoms with Crippen LogP contribution in [0.15, 0.2) is 176 Å². The number of nitrogens with zero attached hydrogens (tertiary/aromatic N) is 5. The van der Waals surface area contributed by atoms with Gasteiger partial charge >= 0.3 is 0 Å². The Labute approximate surface area is 295 Å². The van der Waals surface area contributed by atoms with Crippen LogP contribution in [0, 0.1) is 11.3 Å². The summed E-state index contributed by atoms with van der Waals surface area (Å²) in [6.45, 7) is 0. The van der Waals surface area contributed by atoms with E-state index in [9.17, 15) is 5.26 Å². The highest BCUT2D eigenvalue weighted by atomic mass is 15.1. The van der Waals surface area contributed by atoms with Crippen molar-refractivity contribution in [3.63, 3.8) is 0 Å². The Morgan fingerprint density at radius 3 is 1.53 bits per heavy atom. The van der Waals surface area contributed by atoms with Gasteiger partial charge < -0.3 is 4.57 Å². The Morgan fingerprint density at radius 1 is 0.392 bits per heavy atom. The SMILES string of the molecule is N#Cc1ccc(-c2ccc(-n3c4ccccc4c4ccc(-c5ccccc5)cc43)c(-c3nc(-c4ccccc4)nc(-c4ccccc4)n3)c2)cc1. The molecule has 2 heterocycles. The van der Waals surface area contributed by atoms with E-state index in [1.165, 1.54) is 5.39 Å². The topological polar surface area (TPSA) is 67.4 Å². The molecule has 9 aromatic rings. The minimum absolute atomic E-state index is 0.568. The van der Waals surface area contributed by atoms with Crippen molar-refractivity contribution in [1.29, 1.82) is 5.26 Å². The second kappa shape index (κ2) is 12.7. The van der Waals surface area contributed by atoms with Gasteiger partial charge in [-0.15, -0.1) is 0 Å². The van der Waals surface area contributed by atoms with Gasteiger partial charge in [-0.3, -0.25) is 0 Å². The average Bonchev–Trinajstić information content (AvgIpc) is 3.55. The van der Waals surface area contributed by atoms with E-state index in [4.69, 9.17) is 15.0 Å². The van der Waals surface area contributed by atoms with E-state index in [0.29, 0.717) is 23.0 Å². The Hall–Kier alpha value is -7.16. The van der Waals surface area contributed by atoms with Gasteiger partial charge in [0.05, 0.1) is 28.4 Å². The van der Waals surface area contributed by atoms with Crippen molar-refractivity contribution in [3.8, 4) is 68.2 Å². The Kier molecular flexibility index (Phi) is 7.46. The van der Waals surface area contributed by atoms with E-state index in [0.717, 1.165) is 61.1 Å². The summed E-state index contributed by atoms with van der Waals surface area (Å²) >= 11 is 0. The van der Waals surface area contributed by atoms with Gasteiger partial charge in [-0.25, -0.2) is 15.0 Å². The summed E-state index contributed by atoms with van der Waals surface area (Å²) in [5, 5.41) is 11.8. The summed E-state index contributed by atoms with van der Waals surface area (Å²) in [6, 6.07) is 62.2. The van der Waals surface area contributed by atoms with Crippen LogP contribution < -0.4 is 0 Å². The molecule has 0 unspecified atom stereocenters. The molecule has 0 atom stereocenters. The van der Waals surface area contributed by atoms with Crippen LogP contribution in [0.2, 0.25) is 0 Å². The molecule has 0 saturated carbocycles. The van der Waals surface area contributed by atoms with Crippen molar-refractivity contribution in [2.24, 2.45) is 0 Å². The second-order valence-corrected chi connectivity index (χ2v) is 12.4. The molecule has 0 bridgehead atoms. The van der Waals surface area contributed by atoms with Crippen molar-refractivity contribution in [3.05, 3.63) is 181 Å². The van der Waals surface area contributed by atoms with Crippen LogP contribution in [0.25, 0.3) is 83.9 Å². The number of benzene rings is 7. The Balaban J connectivity index is 1.35. The van der Waals surface area contributed by atoms with Gasteiger partial charge in [0.1, 0.15) is 0 Å². The highest BCUT2D eigenvalue weighted by molar-refractivity contribution is 6.10. The molecule has 0 saturated heterocycles. The molecular formula is C46H29N5. The maximum absolute atomic E-state index is 9.46. The number of nitriles is 1. The first-order valence-corrected chi connectivity index (χ1v) is 16.8. The summed E-state index contributed by atoms with van der Waals surface area (Å²) in [5.41, 5.74) is 10.7. The molecule has 0 amide bonds. The molecule has 0 fully saturated rings. The predicted molar refractivity (Wildman–Crippen MR) is 206 cm³/mol. The number of rotatable bonds is 6. The highest BCUT2D eigenvalue weighted by Crippen LogP contribution is 2.39. The molecule has 0 aliphatic rings. The molecule has 51 heavy (non-hydrogen) atoms. The minimum Gasteiger partial charge on any atom is -0.308 e. The monoisotopic (exact) mass is 651 g/mol. The standard InChI is InChI=1S/C46H29N5/c47-30-31-20-22-33(23-21-31)36-25-27-42(51-41-19-11-10-18-38(41)39-26-24-37(29-43(39)51)32-12-4-1-5-13-32)40(28-36)46-49-44(34-14-6-2-7-15-34)48-45(50-46)35-16-8-3-9-17-35/h1-29H. The Morgan fingerprint density at radius 2 is 0.882 bits per heavy atom. The van der Waals surface area contributed by atoms with Gasteiger partial charge in [0, 0.05) is 27.5 Å². The molecule has 0 N–H and O–H groups in total. The molecule has 0 aliphatic heterocycles. The lowest BCUT2D eigenvalue weighted by atomic mass is 9.99. The number of hydrogen-bond donors (Lipinski definition) is 0.